The highest BCUT2D eigenvalue weighted by Crippen LogP contribution is 2.37. The third-order valence-corrected chi connectivity index (χ3v) is 5.07. The molecule has 0 aliphatic carbocycles. The van der Waals surface area contributed by atoms with Crippen LogP contribution >= 0.6 is 23.1 Å². The van der Waals surface area contributed by atoms with Crippen molar-refractivity contribution < 1.29 is 19.4 Å². The summed E-state index contributed by atoms with van der Waals surface area (Å²) >= 11 is 3.34. The molecule has 2 aromatic rings. The van der Waals surface area contributed by atoms with Crippen LogP contribution < -0.4 is 9.47 Å². The summed E-state index contributed by atoms with van der Waals surface area (Å²) in [6.45, 7) is 0. The number of hydrogen-bond donors (Lipinski definition) is 1. The number of carbonyl (C=O) groups is 1. The van der Waals surface area contributed by atoms with Gasteiger partial charge in [-0.15, -0.1) is 11.3 Å². The molecule has 0 bridgehead atoms. The second-order valence-electron chi connectivity index (χ2n) is 4.15. The van der Waals surface area contributed by atoms with Crippen molar-refractivity contribution in [3.05, 3.63) is 23.1 Å². The lowest BCUT2D eigenvalue weighted by Crippen LogP contribution is -1.95. The first-order valence-electron chi connectivity index (χ1n) is 6.08. The maximum absolute atomic E-state index is 10.5. The smallest absolute Gasteiger partial charge is 0.304 e. The van der Waals surface area contributed by atoms with E-state index < -0.39 is 5.97 Å². The predicted octanol–water partition coefficient (Wildman–Crippen LogP) is 3.63. The Hall–Kier alpha value is -1.40. The highest BCUT2D eigenvalue weighted by molar-refractivity contribution is 7.98. The zero-order chi connectivity index (χ0) is 14.5. The van der Waals surface area contributed by atoms with Crippen LogP contribution in [0.4, 0.5) is 0 Å². The Labute approximate surface area is 125 Å². The summed E-state index contributed by atoms with van der Waals surface area (Å²) in [6, 6.07) is 6.07. The number of ether oxygens (including phenoxy) is 2. The second-order valence-corrected chi connectivity index (χ2v) is 6.43. The van der Waals surface area contributed by atoms with Crippen LogP contribution in [0.25, 0.3) is 10.1 Å². The maximum atomic E-state index is 10.5. The number of carboxylic acid groups (broad SMARTS) is 1. The van der Waals surface area contributed by atoms with Gasteiger partial charge in [-0.1, -0.05) is 0 Å². The van der Waals surface area contributed by atoms with Gasteiger partial charge in [0.2, 0.25) is 0 Å². The third kappa shape index (κ3) is 3.58. The zero-order valence-corrected chi connectivity index (χ0v) is 13.0. The Morgan fingerprint density at radius 2 is 1.95 bits per heavy atom. The Balaban J connectivity index is 2.10. The van der Waals surface area contributed by atoms with Crippen LogP contribution in [0.1, 0.15) is 11.3 Å². The van der Waals surface area contributed by atoms with E-state index in [0.29, 0.717) is 5.75 Å². The molecule has 4 nitrogen and oxygen atoms in total. The largest absolute Gasteiger partial charge is 0.493 e. The van der Waals surface area contributed by atoms with Crippen LogP contribution in [-0.2, 0) is 10.5 Å². The van der Waals surface area contributed by atoms with Gasteiger partial charge in [0.15, 0.2) is 11.5 Å². The number of thiophene rings is 1. The van der Waals surface area contributed by atoms with Crippen molar-refractivity contribution in [3.8, 4) is 11.5 Å². The van der Waals surface area contributed by atoms with Crippen molar-refractivity contribution in [2.45, 2.75) is 12.2 Å². The first kappa shape index (κ1) is 15.0. The third-order valence-electron chi connectivity index (χ3n) is 2.78. The second kappa shape index (κ2) is 6.85. The van der Waals surface area contributed by atoms with Crippen molar-refractivity contribution in [1.82, 2.24) is 0 Å². The van der Waals surface area contributed by atoms with E-state index in [-0.39, 0.29) is 6.42 Å². The molecule has 0 fully saturated rings. The monoisotopic (exact) mass is 312 g/mol. The molecule has 2 rings (SSSR count). The molecule has 1 aromatic heterocycles. The van der Waals surface area contributed by atoms with E-state index in [9.17, 15) is 4.79 Å². The fourth-order valence-corrected chi connectivity index (χ4v) is 3.93. The molecule has 0 saturated carbocycles. The minimum Gasteiger partial charge on any atom is -0.493 e. The summed E-state index contributed by atoms with van der Waals surface area (Å²) in [5, 5.41) is 9.73. The van der Waals surface area contributed by atoms with E-state index in [1.54, 1.807) is 37.3 Å². The van der Waals surface area contributed by atoms with Gasteiger partial charge in [0.25, 0.3) is 0 Å². The highest BCUT2D eigenvalue weighted by Gasteiger charge is 2.09. The Morgan fingerprint density at radius 1 is 1.25 bits per heavy atom. The van der Waals surface area contributed by atoms with E-state index in [1.807, 2.05) is 12.1 Å². The summed E-state index contributed by atoms with van der Waals surface area (Å²) in [6.07, 6.45) is 0.206. The number of thioether (sulfide) groups is 1. The minimum absolute atomic E-state index is 0.206. The number of fused-ring (bicyclic) bond motifs is 1. The fraction of sp³-hybridized carbons (Fsp3) is 0.357. The van der Waals surface area contributed by atoms with Crippen molar-refractivity contribution in [2.75, 3.05) is 20.0 Å². The van der Waals surface area contributed by atoms with Gasteiger partial charge in [0.1, 0.15) is 0 Å². The average Bonchev–Trinajstić information content (AvgIpc) is 2.83. The van der Waals surface area contributed by atoms with Gasteiger partial charge in [0, 0.05) is 27.1 Å². The van der Waals surface area contributed by atoms with Gasteiger partial charge in [-0.2, -0.15) is 11.8 Å². The quantitative estimate of drug-likeness (QED) is 0.791. The number of carboxylic acids is 1. The molecule has 6 heteroatoms. The van der Waals surface area contributed by atoms with Gasteiger partial charge in [0.05, 0.1) is 20.6 Å². The highest BCUT2D eigenvalue weighted by atomic mass is 32.2. The molecule has 0 radical (unpaired) electrons. The van der Waals surface area contributed by atoms with Crippen LogP contribution in [-0.4, -0.2) is 31.0 Å². The summed E-state index contributed by atoms with van der Waals surface area (Å²) in [4.78, 5) is 11.7. The molecular formula is C14H16O4S2. The topological polar surface area (TPSA) is 55.8 Å². The molecule has 0 spiro atoms. The molecule has 0 aliphatic heterocycles. The fourth-order valence-electron chi connectivity index (χ4n) is 1.82. The lowest BCUT2D eigenvalue weighted by atomic mass is 10.2. The maximum Gasteiger partial charge on any atom is 0.304 e. The number of methoxy groups -OCH3 is 2. The number of hydrogen-bond acceptors (Lipinski definition) is 5. The van der Waals surface area contributed by atoms with Gasteiger partial charge in [-0.3, -0.25) is 4.79 Å². The Morgan fingerprint density at radius 3 is 2.60 bits per heavy atom. The predicted molar refractivity (Wildman–Crippen MR) is 83.3 cm³/mol. The molecular weight excluding hydrogens is 296 g/mol. The normalized spacial score (nSPS) is 10.7. The lowest BCUT2D eigenvalue weighted by molar-refractivity contribution is -0.136. The van der Waals surface area contributed by atoms with Crippen LogP contribution in [0.3, 0.4) is 0 Å². The van der Waals surface area contributed by atoms with Gasteiger partial charge >= 0.3 is 5.97 Å². The summed E-state index contributed by atoms with van der Waals surface area (Å²) in [7, 11) is 3.25. The number of benzene rings is 1. The Bertz CT molecular complexity index is 565. The molecule has 0 saturated heterocycles. The van der Waals surface area contributed by atoms with Crippen molar-refractivity contribution >= 4 is 39.2 Å². The van der Waals surface area contributed by atoms with E-state index in [0.717, 1.165) is 27.3 Å². The van der Waals surface area contributed by atoms with E-state index in [1.165, 1.54) is 4.88 Å². The SMILES string of the molecule is COc1cc2cc(CSCCC(=O)O)sc2cc1OC. The van der Waals surface area contributed by atoms with Crippen LogP contribution in [0.2, 0.25) is 0 Å². The molecule has 0 amide bonds. The van der Waals surface area contributed by atoms with Gasteiger partial charge < -0.3 is 14.6 Å². The number of rotatable bonds is 7. The molecule has 1 aromatic carbocycles. The van der Waals surface area contributed by atoms with Gasteiger partial charge in [-0.25, -0.2) is 0 Å². The minimum atomic E-state index is -0.747. The van der Waals surface area contributed by atoms with E-state index in [2.05, 4.69) is 6.07 Å². The summed E-state index contributed by atoms with van der Waals surface area (Å²) in [5.41, 5.74) is 0. The number of aliphatic carboxylic acids is 1. The first-order chi connectivity index (χ1) is 9.63. The van der Waals surface area contributed by atoms with Crippen LogP contribution in [0.5, 0.6) is 11.5 Å². The van der Waals surface area contributed by atoms with Crippen molar-refractivity contribution in [2.24, 2.45) is 0 Å². The summed E-state index contributed by atoms with van der Waals surface area (Å²) in [5.74, 6) is 2.17. The molecule has 0 atom stereocenters. The van der Waals surface area contributed by atoms with Gasteiger partial charge in [-0.05, 0) is 17.5 Å². The lowest BCUT2D eigenvalue weighted by Gasteiger charge is -2.06. The van der Waals surface area contributed by atoms with Crippen LogP contribution in [0, 0.1) is 0 Å². The summed E-state index contributed by atoms with van der Waals surface area (Å²) < 4.78 is 11.7. The zero-order valence-electron chi connectivity index (χ0n) is 11.3. The van der Waals surface area contributed by atoms with Crippen molar-refractivity contribution in [3.63, 3.8) is 0 Å². The first-order valence-corrected chi connectivity index (χ1v) is 8.05. The molecule has 20 heavy (non-hydrogen) atoms. The van der Waals surface area contributed by atoms with Crippen LogP contribution in [0.15, 0.2) is 18.2 Å². The standard InChI is InChI=1S/C14H16O4S2/c1-17-11-6-9-5-10(8-19-4-3-14(15)16)20-13(9)7-12(11)18-2/h5-7H,3-4,8H2,1-2H3,(H,15,16). The molecule has 108 valence electrons. The van der Waals surface area contributed by atoms with E-state index >= 15 is 0 Å². The van der Waals surface area contributed by atoms with E-state index in [4.69, 9.17) is 14.6 Å². The Kier molecular flexibility index (Phi) is 5.14. The molecule has 1 N–H and O–H groups in total. The average molecular weight is 312 g/mol. The molecule has 0 unspecified atom stereocenters. The molecule has 0 aliphatic rings. The van der Waals surface area contributed by atoms with Crippen molar-refractivity contribution in [1.29, 1.82) is 0 Å². The molecule has 1 heterocycles.